The van der Waals surface area contributed by atoms with Crippen molar-refractivity contribution in [2.45, 2.75) is 38.6 Å². The van der Waals surface area contributed by atoms with Gasteiger partial charge in [-0.25, -0.2) is 9.97 Å². The molecule has 6 heteroatoms. The lowest BCUT2D eigenvalue weighted by atomic mass is 10.0. The van der Waals surface area contributed by atoms with Gasteiger partial charge in [0.25, 0.3) is 0 Å². The molecule has 4 heterocycles. The number of piperidine rings is 1. The number of amides is 1. The van der Waals surface area contributed by atoms with E-state index >= 15 is 0 Å². The fraction of sp³-hybridized carbons (Fsp3) is 0.588. The molecule has 0 bridgehead atoms. The number of rotatable bonds is 2. The summed E-state index contributed by atoms with van der Waals surface area (Å²) in [6.45, 7) is 4.94. The Labute approximate surface area is 136 Å². The van der Waals surface area contributed by atoms with E-state index in [2.05, 4.69) is 44.4 Å². The van der Waals surface area contributed by atoms with Gasteiger partial charge >= 0.3 is 0 Å². The maximum Gasteiger partial charge on any atom is 0.222 e. The van der Waals surface area contributed by atoms with E-state index in [-0.39, 0.29) is 0 Å². The van der Waals surface area contributed by atoms with Gasteiger partial charge in [0.05, 0.1) is 5.52 Å². The molecule has 0 radical (unpaired) electrons. The second kappa shape index (κ2) is 5.51. The zero-order chi connectivity index (χ0) is 16.0. The highest BCUT2D eigenvalue weighted by Gasteiger charge is 2.31. The molecule has 1 amide bonds. The molecule has 0 atom stereocenters. The molecule has 2 saturated heterocycles. The molecule has 2 aliphatic rings. The molecule has 2 aromatic rings. The molecule has 0 aliphatic carbocycles. The number of carbonyl (C=O) groups excluding carboxylic acids is 1. The molecule has 6 nitrogen and oxygen atoms in total. The summed E-state index contributed by atoms with van der Waals surface area (Å²) in [6, 6.07) is 2.52. The van der Waals surface area contributed by atoms with E-state index in [9.17, 15) is 4.79 Å². The van der Waals surface area contributed by atoms with Gasteiger partial charge in [-0.15, -0.1) is 0 Å². The number of likely N-dealkylation sites (tertiary alicyclic amines) is 1. The van der Waals surface area contributed by atoms with E-state index in [0.29, 0.717) is 11.9 Å². The molecular formula is C17H23N5O. The number of hydrogen-bond acceptors (Lipinski definition) is 4. The normalized spacial score (nSPS) is 20.0. The van der Waals surface area contributed by atoms with Crippen molar-refractivity contribution in [3.05, 3.63) is 18.1 Å². The molecule has 0 aromatic carbocycles. The first kappa shape index (κ1) is 14.5. The van der Waals surface area contributed by atoms with Crippen molar-refractivity contribution in [3.8, 4) is 0 Å². The van der Waals surface area contributed by atoms with Crippen molar-refractivity contribution in [2.75, 3.05) is 24.5 Å². The molecule has 0 N–H and O–H groups in total. The maximum absolute atomic E-state index is 11.9. The van der Waals surface area contributed by atoms with Gasteiger partial charge in [0.15, 0.2) is 5.82 Å². The van der Waals surface area contributed by atoms with Gasteiger partial charge < -0.3 is 14.4 Å². The number of aryl methyl sites for hydroxylation is 2. The summed E-state index contributed by atoms with van der Waals surface area (Å²) in [5.41, 5.74) is 3.31. The van der Waals surface area contributed by atoms with E-state index in [1.807, 2.05) is 0 Å². The largest absolute Gasteiger partial charge is 0.355 e. The molecule has 0 unspecified atom stereocenters. The Kier molecular flexibility index (Phi) is 3.47. The SMILES string of the molecule is Cc1cc2ncnc(N3CCC(N4CCCC4=O)CC3)c2n1C. The Morgan fingerprint density at radius 1 is 1.17 bits per heavy atom. The van der Waals surface area contributed by atoms with Gasteiger partial charge in [0, 0.05) is 44.8 Å². The molecule has 2 fully saturated rings. The highest BCUT2D eigenvalue weighted by molar-refractivity contribution is 5.87. The van der Waals surface area contributed by atoms with Crippen molar-refractivity contribution in [2.24, 2.45) is 7.05 Å². The molecular weight excluding hydrogens is 290 g/mol. The predicted octanol–water partition coefficient (Wildman–Crippen LogP) is 1.87. The van der Waals surface area contributed by atoms with Crippen molar-refractivity contribution in [1.82, 2.24) is 19.4 Å². The summed E-state index contributed by atoms with van der Waals surface area (Å²) in [6.07, 6.45) is 5.47. The summed E-state index contributed by atoms with van der Waals surface area (Å²) in [5, 5.41) is 0. The van der Waals surface area contributed by atoms with E-state index in [1.165, 1.54) is 5.69 Å². The van der Waals surface area contributed by atoms with Crippen LogP contribution in [-0.4, -0.2) is 51.0 Å². The van der Waals surface area contributed by atoms with Gasteiger partial charge in [-0.05, 0) is 32.3 Å². The van der Waals surface area contributed by atoms with Gasteiger partial charge in [0.2, 0.25) is 5.91 Å². The van der Waals surface area contributed by atoms with Crippen molar-refractivity contribution >= 4 is 22.8 Å². The number of nitrogens with zero attached hydrogens (tertiary/aromatic N) is 5. The van der Waals surface area contributed by atoms with Crippen LogP contribution in [0.25, 0.3) is 11.0 Å². The first-order valence-corrected chi connectivity index (χ1v) is 8.46. The lowest BCUT2D eigenvalue weighted by molar-refractivity contribution is -0.130. The highest BCUT2D eigenvalue weighted by atomic mass is 16.2. The van der Waals surface area contributed by atoms with Crippen LogP contribution in [0.4, 0.5) is 5.82 Å². The van der Waals surface area contributed by atoms with Gasteiger partial charge in [-0.2, -0.15) is 0 Å². The van der Waals surface area contributed by atoms with Crippen LogP contribution in [0.3, 0.4) is 0 Å². The number of anilines is 1. The second-order valence-electron chi connectivity index (χ2n) is 6.68. The molecule has 4 rings (SSSR count). The third-order valence-corrected chi connectivity index (χ3v) is 5.36. The van der Waals surface area contributed by atoms with Gasteiger partial charge in [-0.1, -0.05) is 0 Å². The van der Waals surface area contributed by atoms with Crippen molar-refractivity contribution in [3.63, 3.8) is 0 Å². The Bertz CT molecular complexity index is 745. The Hall–Kier alpha value is -2.11. The number of fused-ring (bicyclic) bond motifs is 1. The third kappa shape index (κ3) is 2.36. The fourth-order valence-electron chi connectivity index (χ4n) is 3.96. The fourth-order valence-corrected chi connectivity index (χ4v) is 3.96. The number of aromatic nitrogens is 3. The monoisotopic (exact) mass is 313 g/mol. The van der Waals surface area contributed by atoms with E-state index in [4.69, 9.17) is 0 Å². The summed E-state index contributed by atoms with van der Waals surface area (Å²) in [7, 11) is 2.07. The first-order chi connectivity index (χ1) is 11.1. The summed E-state index contributed by atoms with van der Waals surface area (Å²) in [4.78, 5) is 25.3. The maximum atomic E-state index is 11.9. The molecule has 0 spiro atoms. The second-order valence-corrected chi connectivity index (χ2v) is 6.68. The van der Waals surface area contributed by atoms with Crippen LogP contribution in [-0.2, 0) is 11.8 Å². The number of hydrogen-bond donors (Lipinski definition) is 0. The Balaban J connectivity index is 1.56. The molecule has 23 heavy (non-hydrogen) atoms. The third-order valence-electron chi connectivity index (χ3n) is 5.36. The summed E-state index contributed by atoms with van der Waals surface area (Å²) >= 11 is 0. The van der Waals surface area contributed by atoms with E-state index < -0.39 is 0 Å². The minimum atomic E-state index is 0.339. The zero-order valence-electron chi connectivity index (χ0n) is 13.8. The molecule has 122 valence electrons. The minimum Gasteiger partial charge on any atom is -0.355 e. The van der Waals surface area contributed by atoms with Crippen molar-refractivity contribution in [1.29, 1.82) is 0 Å². The molecule has 2 aliphatic heterocycles. The first-order valence-electron chi connectivity index (χ1n) is 8.46. The van der Waals surface area contributed by atoms with Crippen LogP contribution in [0, 0.1) is 6.92 Å². The smallest absolute Gasteiger partial charge is 0.222 e. The highest BCUT2D eigenvalue weighted by Crippen LogP contribution is 2.29. The van der Waals surface area contributed by atoms with E-state index in [1.54, 1.807) is 6.33 Å². The van der Waals surface area contributed by atoms with Crippen LogP contribution < -0.4 is 4.90 Å². The lowest BCUT2D eigenvalue weighted by Gasteiger charge is -2.37. The summed E-state index contributed by atoms with van der Waals surface area (Å²) < 4.78 is 2.17. The van der Waals surface area contributed by atoms with Crippen molar-refractivity contribution < 1.29 is 4.79 Å². The Morgan fingerprint density at radius 3 is 2.65 bits per heavy atom. The Morgan fingerprint density at radius 2 is 1.96 bits per heavy atom. The number of carbonyl (C=O) groups is 1. The quantitative estimate of drug-likeness (QED) is 0.849. The molecule has 2 aromatic heterocycles. The van der Waals surface area contributed by atoms with Crippen LogP contribution in [0.5, 0.6) is 0 Å². The predicted molar refractivity (Wildman–Crippen MR) is 89.4 cm³/mol. The van der Waals surface area contributed by atoms with E-state index in [0.717, 1.165) is 62.2 Å². The molecule has 0 saturated carbocycles. The minimum absolute atomic E-state index is 0.339. The summed E-state index contributed by atoms with van der Waals surface area (Å²) in [5.74, 6) is 1.36. The van der Waals surface area contributed by atoms with Crippen LogP contribution in [0.1, 0.15) is 31.4 Å². The standard InChI is InChI=1S/C17H23N5O/c1-12-10-14-16(20(12)2)17(19-11-18-14)21-8-5-13(6-9-21)22-7-3-4-15(22)23/h10-11,13H,3-9H2,1-2H3. The van der Waals surface area contributed by atoms with Gasteiger partial charge in [0.1, 0.15) is 11.8 Å². The average Bonchev–Trinajstić information content (AvgIpc) is 3.11. The topological polar surface area (TPSA) is 54.3 Å². The average molecular weight is 313 g/mol. The zero-order valence-corrected chi connectivity index (χ0v) is 13.8. The van der Waals surface area contributed by atoms with Crippen LogP contribution in [0.15, 0.2) is 12.4 Å². The van der Waals surface area contributed by atoms with Crippen LogP contribution in [0.2, 0.25) is 0 Å². The lowest BCUT2D eigenvalue weighted by Crippen LogP contribution is -2.45. The van der Waals surface area contributed by atoms with Crippen LogP contribution >= 0.6 is 0 Å². The van der Waals surface area contributed by atoms with Gasteiger partial charge in [-0.3, -0.25) is 4.79 Å².